The quantitative estimate of drug-likeness (QED) is 0.372. The number of fused-ring (bicyclic) bond motifs is 1. The molecule has 0 aliphatic carbocycles. The van der Waals surface area contributed by atoms with E-state index in [0.717, 1.165) is 0 Å². The molecule has 0 aliphatic heterocycles. The third-order valence-corrected chi connectivity index (χ3v) is 3.03. The van der Waals surface area contributed by atoms with Crippen LogP contribution in [0.5, 0.6) is 0 Å². The number of nitrogens with zero attached hydrogens (tertiary/aromatic N) is 5. The third kappa shape index (κ3) is 2.38. The highest BCUT2D eigenvalue weighted by Gasteiger charge is 2.12. The summed E-state index contributed by atoms with van der Waals surface area (Å²) in [6.45, 7) is 0. The van der Waals surface area contributed by atoms with Crippen molar-refractivity contribution in [1.29, 1.82) is 0 Å². The smallest absolute Gasteiger partial charge is 0.269 e. The number of hydrogen-bond acceptors (Lipinski definition) is 8. The molecule has 112 valence electrons. The SMILES string of the molecule is Cn1cnc2c(Nc3ccc([N+](=O)[O-])cc3)nc(NN)nc21. The van der Waals surface area contributed by atoms with Gasteiger partial charge in [0, 0.05) is 24.9 Å². The summed E-state index contributed by atoms with van der Waals surface area (Å²) in [6.07, 6.45) is 1.61. The van der Waals surface area contributed by atoms with Gasteiger partial charge in [-0.15, -0.1) is 0 Å². The van der Waals surface area contributed by atoms with Crippen molar-refractivity contribution in [3.8, 4) is 0 Å². The number of nitrogen functional groups attached to an aromatic ring is 1. The highest BCUT2D eigenvalue weighted by Crippen LogP contribution is 2.24. The highest BCUT2D eigenvalue weighted by atomic mass is 16.6. The number of nitro groups is 1. The second kappa shape index (κ2) is 5.26. The molecule has 2 aromatic heterocycles. The maximum absolute atomic E-state index is 10.7. The number of nitrogens with one attached hydrogen (secondary N) is 2. The lowest BCUT2D eigenvalue weighted by molar-refractivity contribution is -0.384. The summed E-state index contributed by atoms with van der Waals surface area (Å²) in [7, 11) is 1.80. The van der Waals surface area contributed by atoms with Crippen LogP contribution in [0.3, 0.4) is 0 Å². The number of benzene rings is 1. The topological polar surface area (TPSA) is 137 Å². The van der Waals surface area contributed by atoms with Crippen molar-refractivity contribution in [2.45, 2.75) is 0 Å². The number of aromatic nitrogens is 4. The van der Waals surface area contributed by atoms with Gasteiger partial charge in [0.25, 0.3) is 5.69 Å². The molecule has 0 fully saturated rings. The maximum atomic E-state index is 10.7. The van der Waals surface area contributed by atoms with Crippen LogP contribution in [0.4, 0.5) is 23.1 Å². The molecular weight excluding hydrogens is 288 g/mol. The first-order valence-corrected chi connectivity index (χ1v) is 6.25. The highest BCUT2D eigenvalue weighted by molar-refractivity contribution is 5.86. The van der Waals surface area contributed by atoms with Gasteiger partial charge in [-0.3, -0.25) is 15.5 Å². The first-order valence-electron chi connectivity index (χ1n) is 6.25. The zero-order valence-corrected chi connectivity index (χ0v) is 11.5. The van der Waals surface area contributed by atoms with E-state index in [1.54, 1.807) is 30.1 Å². The molecule has 1 aromatic carbocycles. The first kappa shape index (κ1) is 13.7. The predicted molar refractivity (Wildman–Crippen MR) is 80.5 cm³/mol. The normalized spacial score (nSPS) is 10.6. The van der Waals surface area contributed by atoms with Crippen LogP contribution in [0.25, 0.3) is 11.2 Å². The fourth-order valence-electron chi connectivity index (χ4n) is 1.96. The van der Waals surface area contributed by atoms with Gasteiger partial charge in [0.15, 0.2) is 17.0 Å². The number of nitrogens with two attached hydrogens (primary N) is 1. The molecule has 0 saturated heterocycles. The molecule has 0 aliphatic rings. The number of anilines is 3. The van der Waals surface area contributed by atoms with Gasteiger partial charge in [-0.2, -0.15) is 9.97 Å². The van der Waals surface area contributed by atoms with Crippen molar-refractivity contribution in [3.63, 3.8) is 0 Å². The molecule has 0 amide bonds. The second-order valence-electron chi connectivity index (χ2n) is 4.50. The summed E-state index contributed by atoms with van der Waals surface area (Å²) in [4.78, 5) is 22.9. The first-order chi connectivity index (χ1) is 10.6. The summed E-state index contributed by atoms with van der Waals surface area (Å²) < 4.78 is 1.73. The van der Waals surface area contributed by atoms with Crippen LogP contribution < -0.4 is 16.6 Å². The van der Waals surface area contributed by atoms with Gasteiger partial charge in [0.05, 0.1) is 11.3 Å². The second-order valence-corrected chi connectivity index (χ2v) is 4.50. The minimum Gasteiger partial charge on any atom is -0.338 e. The average Bonchev–Trinajstić information content (AvgIpc) is 2.89. The maximum Gasteiger partial charge on any atom is 0.269 e. The molecule has 0 atom stereocenters. The van der Waals surface area contributed by atoms with E-state index in [9.17, 15) is 10.1 Å². The van der Waals surface area contributed by atoms with E-state index < -0.39 is 4.92 Å². The Hall–Kier alpha value is -3.27. The number of aryl methyl sites for hydroxylation is 1. The summed E-state index contributed by atoms with van der Waals surface area (Å²) in [5.74, 6) is 6.06. The van der Waals surface area contributed by atoms with Crippen molar-refractivity contribution < 1.29 is 4.92 Å². The van der Waals surface area contributed by atoms with Gasteiger partial charge in [0.1, 0.15) is 0 Å². The number of rotatable bonds is 4. The number of imidazole rings is 1. The van der Waals surface area contributed by atoms with Crippen LogP contribution in [0.1, 0.15) is 0 Å². The van der Waals surface area contributed by atoms with Gasteiger partial charge < -0.3 is 9.88 Å². The van der Waals surface area contributed by atoms with E-state index in [4.69, 9.17) is 5.84 Å². The molecule has 0 saturated carbocycles. The molecule has 0 bridgehead atoms. The zero-order chi connectivity index (χ0) is 15.7. The number of nitro benzene ring substituents is 1. The van der Waals surface area contributed by atoms with E-state index in [1.807, 2.05) is 0 Å². The number of hydrazine groups is 1. The van der Waals surface area contributed by atoms with E-state index in [0.29, 0.717) is 22.7 Å². The van der Waals surface area contributed by atoms with Crippen LogP contribution in [0.2, 0.25) is 0 Å². The Bertz CT molecular complexity index is 842. The molecule has 22 heavy (non-hydrogen) atoms. The van der Waals surface area contributed by atoms with Crippen LogP contribution in [-0.2, 0) is 7.05 Å². The lowest BCUT2D eigenvalue weighted by Gasteiger charge is -2.08. The van der Waals surface area contributed by atoms with Crippen molar-refractivity contribution in [2.24, 2.45) is 12.9 Å². The summed E-state index contributed by atoms with van der Waals surface area (Å²) in [6, 6.07) is 5.98. The van der Waals surface area contributed by atoms with Crippen molar-refractivity contribution in [3.05, 3.63) is 40.7 Å². The minimum absolute atomic E-state index is 0.0144. The largest absolute Gasteiger partial charge is 0.338 e. The van der Waals surface area contributed by atoms with Crippen molar-refractivity contribution in [1.82, 2.24) is 19.5 Å². The Labute approximate surface area is 124 Å². The Balaban J connectivity index is 2.00. The van der Waals surface area contributed by atoms with Gasteiger partial charge in [-0.05, 0) is 12.1 Å². The van der Waals surface area contributed by atoms with Gasteiger partial charge in [0.2, 0.25) is 5.95 Å². The standard InChI is InChI=1S/C12H12N8O2/c1-19-6-14-9-10(16-12(18-13)17-11(9)19)15-7-2-4-8(5-3-7)20(21)22/h2-6H,13H2,1H3,(H2,15,16,17,18). The van der Waals surface area contributed by atoms with Crippen LogP contribution in [0.15, 0.2) is 30.6 Å². The van der Waals surface area contributed by atoms with E-state index in [2.05, 4.69) is 25.7 Å². The Morgan fingerprint density at radius 1 is 1.27 bits per heavy atom. The van der Waals surface area contributed by atoms with Crippen LogP contribution >= 0.6 is 0 Å². The fourth-order valence-corrected chi connectivity index (χ4v) is 1.96. The molecule has 2 heterocycles. The van der Waals surface area contributed by atoms with Crippen molar-refractivity contribution in [2.75, 3.05) is 10.7 Å². The zero-order valence-electron chi connectivity index (χ0n) is 11.5. The lowest BCUT2D eigenvalue weighted by atomic mass is 10.3. The van der Waals surface area contributed by atoms with Gasteiger partial charge in [-0.1, -0.05) is 0 Å². The fraction of sp³-hybridized carbons (Fsp3) is 0.0833. The number of hydrogen-bond donors (Lipinski definition) is 3. The molecule has 10 nitrogen and oxygen atoms in total. The predicted octanol–water partition coefficient (Wildman–Crippen LogP) is 1.30. The number of non-ortho nitro benzene ring substituents is 1. The Morgan fingerprint density at radius 3 is 2.64 bits per heavy atom. The molecule has 0 radical (unpaired) electrons. The van der Waals surface area contributed by atoms with Crippen LogP contribution in [0, 0.1) is 10.1 Å². The van der Waals surface area contributed by atoms with E-state index in [1.165, 1.54) is 12.1 Å². The summed E-state index contributed by atoms with van der Waals surface area (Å²) in [5.41, 5.74) is 4.22. The van der Waals surface area contributed by atoms with E-state index >= 15 is 0 Å². The molecule has 10 heteroatoms. The average molecular weight is 300 g/mol. The summed E-state index contributed by atoms with van der Waals surface area (Å²) in [5, 5.41) is 13.7. The molecule has 0 unspecified atom stereocenters. The van der Waals surface area contributed by atoms with E-state index in [-0.39, 0.29) is 11.6 Å². The molecular formula is C12H12N8O2. The molecule has 3 rings (SSSR count). The Morgan fingerprint density at radius 2 is 2.00 bits per heavy atom. The van der Waals surface area contributed by atoms with Gasteiger partial charge in [-0.25, -0.2) is 10.8 Å². The minimum atomic E-state index is -0.456. The molecule has 0 spiro atoms. The van der Waals surface area contributed by atoms with Gasteiger partial charge >= 0.3 is 0 Å². The summed E-state index contributed by atoms with van der Waals surface area (Å²) >= 11 is 0. The molecule has 3 aromatic rings. The van der Waals surface area contributed by atoms with Crippen molar-refractivity contribution >= 4 is 34.3 Å². The monoisotopic (exact) mass is 300 g/mol. The van der Waals surface area contributed by atoms with Crippen LogP contribution in [-0.4, -0.2) is 24.4 Å². The lowest BCUT2D eigenvalue weighted by Crippen LogP contribution is -2.12. The third-order valence-electron chi connectivity index (χ3n) is 3.03. The molecule has 4 N–H and O–H groups in total. The Kier molecular flexibility index (Phi) is 3.27.